The maximum absolute atomic E-state index is 8.71. The number of aryl methyl sites for hydroxylation is 11. The summed E-state index contributed by atoms with van der Waals surface area (Å²) in [5.74, 6) is 2.79. The third-order valence-corrected chi connectivity index (χ3v) is 17.6. The molecule has 0 fully saturated rings. The summed E-state index contributed by atoms with van der Waals surface area (Å²) in [5.41, 5.74) is 24.7. The number of benzene rings is 6. The van der Waals surface area contributed by atoms with Gasteiger partial charge in [-0.25, -0.2) is 18.3 Å². The van der Waals surface area contributed by atoms with E-state index in [1.165, 1.54) is 72.8 Å². The Hall–Kier alpha value is -7.96. The summed E-state index contributed by atoms with van der Waals surface area (Å²) in [6.45, 7) is 39.5. The van der Waals surface area contributed by atoms with Gasteiger partial charge < -0.3 is 0 Å². The molecule has 0 saturated carbocycles. The molecule has 0 aliphatic heterocycles. The van der Waals surface area contributed by atoms with Crippen LogP contribution in [0.3, 0.4) is 0 Å². The third-order valence-electron chi connectivity index (χ3n) is 17.6. The Labute approximate surface area is 560 Å². The fraction of sp³-hybridized carbons (Fsp3) is 0.388. The van der Waals surface area contributed by atoms with Crippen LogP contribution in [0.4, 0.5) is 0 Å². The summed E-state index contributed by atoms with van der Waals surface area (Å²) in [7, 11) is 8.22. The van der Waals surface area contributed by atoms with Crippen LogP contribution in [0.5, 0.6) is 0 Å². The molecule has 10 rings (SSSR count). The van der Waals surface area contributed by atoms with E-state index in [2.05, 4.69) is 244 Å². The number of rotatable bonds is 12. The Morgan fingerprint density at radius 1 is 0.385 bits per heavy atom. The molecule has 0 radical (unpaired) electrons. The molecule has 0 spiro atoms. The van der Waals surface area contributed by atoms with Gasteiger partial charge in [0.25, 0.3) is 11.6 Å². The zero-order valence-corrected chi connectivity index (χ0v) is 59.7. The summed E-state index contributed by atoms with van der Waals surface area (Å²) in [4.78, 5) is 0. The zero-order chi connectivity index (χ0) is 73.0. The van der Waals surface area contributed by atoms with Crippen molar-refractivity contribution in [2.75, 3.05) is 0 Å². The van der Waals surface area contributed by atoms with Gasteiger partial charge >= 0.3 is 0 Å². The molecule has 4 aromatic heterocycles. The Morgan fingerprint density at radius 3 is 1.20 bits per heavy atom. The molecule has 0 saturated heterocycles. The molecule has 478 valence electrons. The number of para-hydroxylation sites is 2. The van der Waals surface area contributed by atoms with Gasteiger partial charge in [0.05, 0.1) is 25.2 Å². The molecule has 6 nitrogen and oxygen atoms in total. The summed E-state index contributed by atoms with van der Waals surface area (Å²) >= 11 is 0. The van der Waals surface area contributed by atoms with Gasteiger partial charge in [0.1, 0.15) is 50.3 Å². The van der Waals surface area contributed by atoms with Crippen molar-refractivity contribution in [3.63, 3.8) is 0 Å². The predicted molar refractivity (Wildman–Crippen MR) is 387 cm³/mol. The van der Waals surface area contributed by atoms with Gasteiger partial charge in [-0.2, -0.15) is 9.13 Å². The number of hydrogen-bond acceptors (Lipinski definition) is 0. The van der Waals surface area contributed by atoms with Gasteiger partial charge in [0.15, 0.2) is 12.4 Å². The van der Waals surface area contributed by atoms with Gasteiger partial charge in [-0.1, -0.05) is 212 Å². The lowest BCUT2D eigenvalue weighted by Gasteiger charge is -2.21. The van der Waals surface area contributed by atoms with E-state index in [0.717, 1.165) is 50.6 Å². The normalized spacial score (nSPS) is 13.1. The summed E-state index contributed by atoms with van der Waals surface area (Å²) < 4.78 is 68.8. The predicted octanol–water partition coefficient (Wildman–Crippen LogP) is 20.5. The standard InChI is InChI=1S/2C23H29N2.C20H28N.C19H26N/c2*1-16(2)19-12-9-13-20(17(3)4)22(19)25-15-14-24(6)23(25)21-11-8-7-10-18(21)5;1-13(2)18-11-20(21(7)12-19(18)14(3)4)17-9-8-15(5)10-16(17)6;1-13-8-9-16(14(2)10-13)18-11-17(19(4,5)6)15(3)12-20(18)7/h2*7-17H,1-6H3;8-14H,1-7H3;8-12H,1-7H3/q4*+1/i16D,17D;;;1D3,3D2. The molecule has 0 atom stereocenters. The molecular formula is C85H112N6+4. The average Bonchev–Trinajstić information content (AvgIpc) is 1.47. The molecule has 0 bridgehead atoms. The summed E-state index contributed by atoms with van der Waals surface area (Å²) in [5, 5.41) is 0. The molecule has 10 aromatic rings. The Kier molecular flexibility index (Phi) is 20.0. The molecule has 91 heavy (non-hydrogen) atoms. The van der Waals surface area contributed by atoms with E-state index in [0.29, 0.717) is 34.8 Å². The quantitative estimate of drug-likeness (QED) is 0.109. The van der Waals surface area contributed by atoms with Gasteiger partial charge in [-0.15, -0.1) is 0 Å². The number of hydrogen-bond donors (Lipinski definition) is 0. The van der Waals surface area contributed by atoms with Gasteiger partial charge in [-0.05, 0) is 147 Å². The third kappa shape index (κ3) is 16.2. The van der Waals surface area contributed by atoms with Crippen LogP contribution in [-0.2, 0) is 33.6 Å². The molecule has 6 heteroatoms. The Balaban J connectivity index is 0.000000185. The highest BCUT2D eigenvalue weighted by Gasteiger charge is 2.29. The Morgan fingerprint density at radius 2 is 0.791 bits per heavy atom. The summed E-state index contributed by atoms with van der Waals surface area (Å²) in [6.07, 6.45) is 12.6. The molecule has 0 aliphatic rings. The first-order valence-electron chi connectivity index (χ1n) is 36.4. The highest BCUT2D eigenvalue weighted by molar-refractivity contribution is 5.67. The fourth-order valence-electron chi connectivity index (χ4n) is 12.6. The molecule has 4 heterocycles. The first-order valence-corrected chi connectivity index (χ1v) is 32.7. The second kappa shape index (κ2) is 30.0. The van der Waals surface area contributed by atoms with Crippen molar-refractivity contribution in [3.05, 3.63) is 249 Å². The number of imidazole rings is 2. The van der Waals surface area contributed by atoms with Crippen LogP contribution < -0.4 is 18.3 Å². The minimum absolute atomic E-state index is 0.189. The average molecular weight is 1220 g/mol. The van der Waals surface area contributed by atoms with Crippen molar-refractivity contribution in [1.29, 1.82) is 0 Å². The monoisotopic (exact) mass is 1220 g/mol. The lowest BCUT2D eigenvalue weighted by Crippen LogP contribution is -2.33. The van der Waals surface area contributed by atoms with Crippen LogP contribution in [-0.4, -0.2) is 9.13 Å². The molecular weight excluding hydrogens is 1100 g/mol. The van der Waals surface area contributed by atoms with Gasteiger partial charge in [-0.3, -0.25) is 0 Å². The first kappa shape index (κ1) is 60.6. The van der Waals surface area contributed by atoms with Crippen molar-refractivity contribution in [3.8, 4) is 56.7 Å². The van der Waals surface area contributed by atoms with Gasteiger partial charge in [0.2, 0.25) is 11.4 Å². The second-order valence-corrected chi connectivity index (χ2v) is 27.9. The van der Waals surface area contributed by atoms with Crippen LogP contribution >= 0.6 is 0 Å². The molecule has 0 N–H and O–H groups in total. The van der Waals surface area contributed by atoms with Crippen molar-refractivity contribution >= 4 is 0 Å². The largest absolute Gasteiger partial charge is 0.294 e. The van der Waals surface area contributed by atoms with Crippen molar-refractivity contribution in [1.82, 2.24) is 9.13 Å². The SMILES string of the molecule is Cc1ccc(-c2cc(C(C)C)c(C(C)C)c[n+]2C)c(C)c1.Cc1ccccc1-c1n(-c2c(C(C)C)cccc2C(C)C)cc[n+]1C.[2H]C(C)(C)c1cccc(C([2H])(C)C)c1-n1cc[n+](C)c1-c1ccccc1C.[2H]C([2H])c1c[n+](C)c(-c2ccc(C([2H])([2H])[2H])cc2C)cc1C(C)(C)C. The van der Waals surface area contributed by atoms with E-state index in [9.17, 15) is 0 Å². The fourth-order valence-corrected chi connectivity index (χ4v) is 12.6. The van der Waals surface area contributed by atoms with Crippen molar-refractivity contribution in [2.45, 2.75) is 193 Å². The van der Waals surface area contributed by atoms with Crippen molar-refractivity contribution in [2.24, 2.45) is 28.2 Å². The first-order chi connectivity index (χ1) is 45.6. The van der Waals surface area contributed by atoms with E-state index in [-0.39, 0.29) is 5.41 Å². The maximum atomic E-state index is 8.71. The molecule has 0 amide bonds. The molecule has 0 unspecified atom stereocenters. The van der Waals surface area contributed by atoms with E-state index >= 15 is 0 Å². The smallest absolute Gasteiger partial charge is 0.232 e. The summed E-state index contributed by atoms with van der Waals surface area (Å²) in [6, 6.07) is 46.0. The van der Waals surface area contributed by atoms with Crippen LogP contribution in [0.25, 0.3) is 56.7 Å². The minimum Gasteiger partial charge on any atom is -0.232 e. The number of nitrogens with zero attached hydrogens (tertiary/aromatic N) is 6. The topological polar surface area (TPSA) is 25.4 Å². The van der Waals surface area contributed by atoms with Crippen LogP contribution in [0, 0.1) is 48.3 Å². The molecule has 6 aromatic carbocycles. The van der Waals surface area contributed by atoms with E-state index in [4.69, 9.17) is 9.60 Å². The van der Waals surface area contributed by atoms with Crippen LogP contribution in [0.2, 0.25) is 0 Å². The lowest BCUT2D eigenvalue weighted by atomic mass is 9.83. The number of aromatic nitrogens is 6. The van der Waals surface area contributed by atoms with Gasteiger partial charge in [0, 0.05) is 66.2 Å². The van der Waals surface area contributed by atoms with E-state index in [1.807, 2.05) is 108 Å². The number of pyridine rings is 2. The zero-order valence-electron chi connectivity index (χ0n) is 66.7. The minimum atomic E-state index is -2.12. The Bertz CT molecular complexity index is 4360. The van der Waals surface area contributed by atoms with Crippen LogP contribution in [0.1, 0.15) is 227 Å². The van der Waals surface area contributed by atoms with Crippen molar-refractivity contribution < 1.29 is 27.9 Å². The highest BCUT2D eigenvalue weighted by Crippen LogP contribution is 2.37. The highest BCUT2D eigenvalue weighted by atomic mass is 15.2. The van der Waals surface area contributed by atoms with Crippen LogP contribution in [0.15, 0.2) is 171 Å². The van der Waals surface area contributed by atoms with E-state index < -0.39 is 25.5 Å². The molecule has 0 aliphatic carbocycles. The second-order valence-electron chi connectivity index (χ2n) is 27.9. The maximum Gasteiger partial charge on any atom is 0.294 e. The lowest BCUT2D eigenvalue weighted by molar-refractivity contribution is -0.661. The van der Waals surface area contributed by atoms with E-state index in [1.54, 1.807) is 12.1 Å².